The largest absolute Gasteiger partial charge is 0.382 e. The third kappa shape index (κ3) is 4.17. The number of rotatable bonds is 7. The van der Waals surface area contributed by atoms with Crippen LogP contribution in [-0.4, -0.2) is 48.0 Å². The van der Waals surface area contributed by atoms with E-state index in [1.807, 2.05) is 18.2 Å². The zero-order chi connectivity index (χ0) is 23.6. The molecule has 0 radical (unpaired) electrons. The summed E-state index contributed by atoms with van der Waals surface area (Å²) in [6, 6.07) is 13.7. The summed E-state index contributed by atoms with van der Waals surface area (Å²) in [7, 11) is -2.21. The van der Waals surface area contributed by atoms with Crippen LogP contribution < -0.4 is 9.92 Å². The highest BCUT2D eigenvalue weighted by molar-refractivity contribution is 7.87. The Balaban J connectivity index is 1.87. The number of aromatic nitrogens is 2. The van der Waals surface area contributed by atoms with Gasteiger partial charge in [0, 0.05) is 25.0 Å². The molecule has 1 aliphatic rings. The SMILES string of the molecule is CCCS(=O)(=O)Oc1cccc(C2(c3cccc(-c4cncnc4)c3)N=C(N)N(C)C2=O)c1. The predicted octanol–water partition coefficient (Wildman–Crippen LogP) is 2.29. The number of carbonyl (C=O) groups excluding carboxylic acids is 1. The maximum atomic E-state index is 13.5. The number of carbonyl (C=O) groups is 1. The fourth-order valence-electron chi connectivity index (χ4n) is 3.77. The van der Waals surface area contributed by atoms with Crippen molar-refractivity contribution >= 4 is 22.0 Å². The minimum atomic E-state index is -3.76. The van der Waals surface area contributed by atoms with E-state index in [0.29, 0.717) is 17.5 Å². The third-order valence-electron chi connectivity index (χ3n) is 5.34. The molecule has 9 nitrogen and oxygen atoms in total. The molecule has 0 saturated carbocycles. The van der Waals surface area contributed by atoms with Crippen molar-refractivity contribution in [1.29, 1.82) is 0 Å². The van der Waals surface area contributed by atoms with Crippen molar-refractivity contribution < 1.29 is 17.4 Å². The minimum Gasteiger partial charge on any atom is -0.382 e. The van der Waals surface area contributed by atoms with Gasteiger partial charge >= 0.3 is 10.1 Å². The van der Waals surface area contributed by atoms with Crippen LogP contribution in [0.5, 0.6) is 5.75 Å². The van der Waals surface area contributed by atoms with Crippen molar-refractivity contribution in [2.75, 3.05) is 12.8 Å². The number of aliphatic imine (C=N–C) groups is 1. The molecular weight excluding hydrogens is 442 g/mol. The number of nitrogens with two attached hydrogens (primary N) is 1. The summed E-state index contributed by atoms with van der Waals surface area (Å²) in [5, 5.41) is 0. The normalized spacial score (nSPS) is 18.3. The maximum absolute atomic E-state index is 13.5. The van der Waals surface area contributed by atoms with E-state index >= 15 is 0 Å². The molecule has 2 heterocycles. The topological polar surface area (TPSA) is 128 Å². The summed E-state index contributed by atoms with van der Waals surface area (Å²) in [4.78, 5) is 27.5. The van der Waals surface area contributed by atoms with Crippen LogP contribution in [0.3, 0.4) is 0 Å². The van der Waals surface area contributed by atoms with E-state index in [2.05, 4.69) is 15.0 Å². The van der Waals surface area contributed by atoms with Crippen molar-refractivity contribution in [1.82, 2.24) is 14.9 Å². The summed E-state index contributed by atoms with van der Waals surface area (Å²) in [6.45, 7) is 1.75. The first kappa shape index (κ1) is 22.4. The molecule has 0 spiro atoms. The molecule has 1 amide bonds. The van der Waals surface area contributed by atoms with Gasteiger partial charge in [0.2, 0.25) is 0 Å². The average molecular weight is 466 g/mol. The van der Waals surface area contributed by atoms with Crippen molar-refractivity contribution in [3.8, 4) is 16.9 Å². The molecule has 0 fully saturated rings. The van der Waals surface area contributed by atoms with E-state index < -0.39 is 15.7 Å². The van der Waals surface area contributed by atoms with E-state index in [1.165, 1.54) is 23.4 Å². The van der Waals surface area contributed by atoms with Gasteiger partial charge in [0.05, 0.1) is 5.75 Å². The summed E-state index contributed by atoms with van der Waals surface area (Å²) < 4.78 is 29.6. The molecule has 170 valence electrons. The van der Waals surface area contributed by atoms with Gasteiger partial charge in [0.1, 0.15) is 12.1 Å². The molecule has 4 rings (SSSR count). The Morgan fingerprint density at radius 3 is 2.33 bits per heavy atom. The number of hydrogen-bond acceptors (Lipinski definition) is 8. The molecule has 0 saturated heterocycles. The second-order valence-corrected chi connectivity index (χ2v) is 9.32. The molecule has 2 N–H and O–H groups in total. The fraction of sp³-hybridized carbons (Fsp3) is 0.217. The molecule has 33 heavy (non-hydrogen) atoms. The van der Waals surface area contributed by atoms with Gasteiger partial charge in [-0.25, -0.2) is 15.0 Å². The van der Waals surface area contributed by atoms with E-state index in [9.17, 15) is 13.2 Å². The van der Waals surface area contributed by atoms with Gasteiger partial charge in [-0.15, -0.1) is 0 Å². The van der Waals surface area contributed by atoms with Gasteiger partial charge in [-0.2, -0.15) is 8.42 Å². The van der Waals surface area contributed by atoms with Gasteiger partial charge in [-0.1, -0.05) is 37.3 Å². The smallest absolute Gasteiger partial charge is 0.309 e. The first-order valence-electron chi connectivity index (χ1n) is 10.3. The Labute approximate surface area is 192 Å². The zero-order valence-electron chi connectivity index (χ0n) is 18.2. The second-order valence-electron chi connectivity index (χ2n) is 7.63. The lowest BCUT2D eigenvalue weighted by Gasteiger charge is -2.27. The first-order chi connectivity index (χ1) is 15.8. The van der Waals surface area contributed by atoms with Crippen molar-refractivity contribution in [2.24, 2.45) is 10.7 Å². The Hall–Kier alpha value is -3.79. The van der Waals surface area contributed by atoms with Crippen molar-refractivity contribution in [2.45, 2.75) is 18.9 Å². The summed E-state index contributed by atoms with van der Waals surface area (Å²) in [5.41, 5.74) is 7.12. The van der Waals surface area contributed by atoms with Gasteiger partial charge in [0.15, 0.2) is 11.5 Å². The van der Waals surface area contributed by atoms with Gasteiger partial charge < -0.3 is 9.92 Å². The molecule has 10 heteroatoms. The van der Waals surface area contributed by atoms with E-state index in [-0.39, 0.29) is 23.4 Å². The lowest BCUT2D eigenvalue weighted by molar-refractivity contribution is -0.129. The number of nitrogens with zero attached hydrogens (tertiary/aromatic N) is 4. The number of hydrogen-bond donors (Lipinski definition) is 1. The van der Waals surface area contributed by atoms with Gasteiger partial charge in [-0.05, 0) is 41.3 Å². The fourth-order valence-corrected chi connectivity index (χ4v) is 4.75. The minimum absolute atomic E-state index is 0.0540. The van der Waals surface area contributed by atoms with Crippen LogP contribution in [0, 0.1) is 0 Å². The van der Waals surface area contributed by atoms with Crippen LogP contribution in [0.15, 0.2) is 72.2 Å². The summed E-state index contributed by atoms with van der Waals surface area (Å²) in [5.74, 6) is -0.325. The van der Waals surface area contributed by atoms with Crippen LogP contribution in [0.25, 0.3) is 11.1 Å². The molecule has 0 bridgehead atoms. The molecule has 2 aromatic carbocycles. The van der Waals surface area contributed by atoms with E-state index in [1.54, 1.807) is 44.6 Å². The van der Waals surface area contributed by atoms with Crippen molar-refractivity contribution in [3.05, 3.63) is 78.4 Å². The molecule has 0 aliphatic carbocycles. The molecule has 1 aromatic heterocycles. The highest BCUT2D eigenvalue weighted by atomic mass is 32.2. The number of likely N-dealkylation sites (N-methyl/N-ethyl adjacent to an activating group) is 1. The third-order valence-corrected chi connectivity index (χ3v) is 6.70. The summed E-state index contributed by atoms with van der Waals surface area (Å²) >= 11 is 0. The lowest BCUT2D eigenvalue weighted by atomic mass is 9.81. The highest BCUT2D eigenvalue weighted by Crippen LogP contribution is 2.41. The van der Waals surface area contributed by atoms with Crippen LogP contribution in [0.2, 0.25) is 0 Å². The number of benzene rings is 2. The number of guanidine groups is 1. The lowest BCUT2D eigenvalue weighted by Crippen LogP contribution is -2.41. The predicted molar refractivity (Wildman–Crippen MR) is 124 cm³/mol. The molecule has 1 atom stereocenters. The van der Waals surface area contributed by atoms with Crippen LogP contribution in [0.1, 0.15) is 24.5 Å². The zero-order valence-corrected chi connectivity index (χ0v) is 19.0. The second kappa shape index (κ2) is 8.62. The van der Waals surface area contributed by atoms with Crippen LogP contribution >= 0.6 is 0 Å². The Bertz CT molecular complexity index is 1330. The van der Waals surface area contributed by atoms with Gasteiger partial charge in [0.25, 0.3) is 5.91 Å². The number of amides is 1. The molecular formula is C23H23N5O4S. The molecule has 1 unspecified atom stereocenters. The average Bonchev–Trinajstić information content (AvgIpc) is 3.04. The summed E-state index contributed by atoms with van der Waals surface area (Å²) in [6.07, 6.45) is 5.21. The highest BCUT2D eigenvalue weighted by Gasteiger charge is 2.49. The standard InChI is InChI=1S/C23H23N5O4S/c1-3-10-33(30,31)32-20-9-5-8-19(12-20)23(21(29)28(2)22(24)27-23)18-7-4-6-16(11-18)17-13-25-15-26-14-17/h4-9,11-15H,3,10H2,1-2H3,(H2,24,27). The van der Waals surface area contributed by atoms with E-state index in [0.717, 1.165) is 11.1 Å². The molecule has 1 aliphatic heterocycles. The molecule has 3 aromatic rings. The monoisotopic (exact) mass is 465 g/mol. The Morgan fingerprint density at radius 2 is 1.70 bits per heavy atom. The maximum Gasteiger partial charge on any atom is 0.309 e. The quantitative estimate of drug-likeness (QED) is 0.530. The Morgan fingerprint density at radius 1 is 1.03 bits per heavy atom. The Kier molecular flexibility index (Phi) is 5.86. The van der Waals surface area contributed by atoms with Crippen LogP contribution in [0.4, 0.5) is 0 Å². The van der Waals surface area contributed by atoms with E-state index in [4.69, 9.17) is 9.92 Å². The van der Waals surface area contributed by atoms with Crippen LogP contribution in [-0.2, 0) is 20.5 Å². The van der Waals surface area contributed by atoms with Crippen molar-refractivity contribution in [3.63, 3.8) is 0 Å². The first-order valence-corrected chi connectivity index (χ1v) is 11.9. The van der Waals surface area contributed by atoms with Gasteiger partial charge in [-0.3, -0.25) is 9.69 Å².